The molecule has 254 valence electrons. The molecule has 1 unspecified atom stereocenters. The molecule has 0 aromatic heterocycles. The van der Waals surface area contributed by atoms with Crippen molar-refractivity contribution in [3.63, 3.8) is 0 Å². The molecule has 7 atom stereocenters. The Labute approximate surface area is 275 Å². The Morgan fingerprint density at radius 2 is 2.02 bits per heavy atom. The summed E-state index contributed by atoms with van der Waals surface area (Å²) < 4.78 is 12.1. The van der Waals surface area contributed by atoms with Gasteiger partial charge in [0.25, 0.3) is 0 Å². The van der Waals surface area contributed by atoms with E-state index in [1.54, 1.807) is 6.07 Å². The van der Waals surface area contributed by atoms with Crippen LogP contribution in [-0.4, -0.2) is 83.8 Å². The van der Waals surface area contributed by atoms with Crippen molar-refractivity contribution in [2.45, 2.75) is 102 Å². The number of aryl methyl sites for hydroxylation is 1. The van der Waals surface area contributed by atoms with E-state index < -0.39 is 12.2 Å². The van der Waals surface area contributed by atoms with Crippen molar-refractivity contribution in [3.05, 3.63) is 59.2 Å². The number of aliphatic hydroxyl groups excluding tert-OH is 3. The molecular weight excluding hydrogens is 582 g/mol. The fourth-order valence-corrected chi connectivity index (χ4v) is 7.84. The van der Waals surface area contributed by atoms with Gasteiger partial charge in [0.2, 0.25) is 0 Å². The smallest absolute Gasteiger partial charge is 0.189 e. The highest BCUT2D eigenvalue weighted by molar-refractivity contribution is 6.04. The Hall–Kier alpha value is -2.69. The molecule has 1 aromatic carbocycles. The van der Waals surface area contributed by atoms with Crippen LogP contribution >= 0.6 is 0 Å². The number of aliphatic hydroxyl groups is 3. The summed E-state index contributed by atoms with van der Waals surface area (Å²) in [6, 6.07) is 6.08. The number of phenols is 1. The molecule has 0 radical (unpaired) electrons. The van der Waals surface area contributed by atoms with Crippen molar-refractivity contribution < 1.29 is 29.9 Å². The molecule has 5 rings (SSSR count). The van der Waals surface area contributed by atoms with Crippen LogP contribution in [-0.2, 0) is 11.2 Å². The number of likely N-dealkylation sites (N-methyl/N-ethyl adjacent to an activating group) is 1. The number of ether oxygens (including phenoxy) is 2. The van der Waals surface area contributed by atoms with Gasteiger partial charge in [-0.1, -0.05) is 50.9 Å². The van der Waals surface area contributed by atoms with E-state index in [9.17, 15) is 20.4 Å². The summed E-state index contributed by atoms with van der Waals surface area (Å²) in [5.74, 6) is 3.64. The van der Waals surface area contributed by atoms with Gasteiger partial charge in [-0.15, -0.1) is 4.99 Å². The minimum absolute atomic E-state index is 0.0107. The predicted molar refractivity (Wildman–Crippen MR) is 180 cm³/mol. The molecule has 2 aliphatic heterocycles. The van der Waals surface area contributed by atoms with Crippen LogP contribution in [0, 0.1) is 29.7 Å². The highest BCUT2D eigenvalue weighted by Crippen LogP contribution is 2.48. The van der Waals surface area contributed by atoms with Crippen LogP contribution in [0.1, 0.15) is 77.2 Å². The molecule has 0 saturated heterocycles. The maximum Gasteiger partial charge on any atom is 0.189 e. The predicted octanol–water partition coefficient (Wildman–Crippen LogP) is 4.40. The van der Waals surface area contributed by atoms with Gasteiger partial charge in [0.05, 0.1) is 18.1 Å². The van der Waals surface area contributed by atoms with E-state index in [1.807, 2.05) is 32.2 Å². The van der Waals surface area contributed by atoms with Crippen molar-refractivity contribution in [3.8, 4) is 11.5 Å². The normalized spacial score (nSPS) is 26.0. The van der Waals surface area contributed by atoms with E-state index in [0.29, 0.717) is 43.0 Å². The zero-order valence-corrected chi connectivity index (χ0v) is 27.9. The summed E-state index contributed by atoms with van der Waals surface area (Å²) in [7, 11) is 1.97. The molecule has 2 aliphatic carbocycles. The van der Waals surface area contributed by atoms with Crippen molar-refractivity contribution >= 4 is 5.71 Å². The van der Waals surface area contributed by atoms with Crippen LogP contribution in [0.5, 0.6) is 11.5 Å². The van der Waals surface area contributed by atoms with E-state index in [0.717, 1.165) is 61.6 Å². The number of hydrogen-bond donors (Lipinski definition) is 6. The molecule has 1 aromatic rings. The van der Waals surface area contributed by atoms with E-state index in [-0.39, 0.29) is 37.0 Å². The highest BCUT2D eigenvalue weighted by Gasteiger charge is 2.50. The number of nitrogens with one attached hydrogen (secondary N) is 2. The number of fused-ring (bicyclic) bond motifs is 2. The van der Waals surface area contributed by atoms with E-state index in [2.05, 4.69) is 23.6 Å². The van der Waals surface area contributed by atoms with Gasteiger partial charge >= 0.3 is 0 Å². The molecule has 2 fully saturated rings. The van der Waals surface area contributed by atoms with E-state index in [4.69, 9.17) is 14.5 Å². The zero-order chi connectivity index (χ0) is 32.6. The van der Waals surface area contributed by atoms with Crippen LogP contribution in [0.2, 0.25) is 0 Å². The summed E-state index contributed by atoms with van der Waals surface area (Å²) >= 11 is 0. The number of rotatable bonds is 17. The van der Waals surface area contributed by atoms with Gasteiger partial charge in [-0.05, 0) is 69.2 Å². The molecule has 6 N–H and O–H groups in total. The molecule has 9 nitrogen and oxygen atoms in total. The monoisotopic (exact) mass is 637 g/mol. The lowest BCUT2D eigenvalue weighted by atomic mass is 9.75. The number of allylic oxidation sites excluding steroid dienone is 1. The molecule has 0 spiro atoms. The third-order valence-corrected chi connectivity index (χ3v) is 10.2. The molecule has 2 heterocycles. The Kier molecular flexibility index (Phi) is 12.4. The van der Waals surface area contributed by atoms with Gasteiger partial charge in [0.1, 0.15) is 12.2 Å². The average Bonchev–Trinajstić information content (AvgIpc) is 3.77. The number of hydrogen-bond acceptors (Lipinski definition) is 9. The number of nitrogens with zero attached hydrogens (tertiary/aromatic N) is 1. The number of aliphatic imine (C=N–C) groups is 1. The summed E-state index contributed by atoms with van der Waals surface area (Å²) in [6.07, 6.45) is 12.8. The standard InChI is InChI=1S/C37H55N3O6/c1-4-5-9-35-26(21-41)17-27(46-35)13-10-24-11-15-33(43)36(16-24)45-22-34(44)31-18-29-30(40-31)14-12-25-7-6-8-28(25)37(29)32(20-38-3)39-19-23(2)42/h11,15-18,23,25,28,32,34-35,37-39,41-44H,4-10,12-14,19-22H2,1-3H3/t23-,25+,28-,32-,34-,35?,37-/m0/s1. The van der Waals surface area contributed by atoms with Gasteiger partial charge in [0, 0.05) is 38.3 Å². The fraction of sp³-hybridized carbons (Fsp3) is 0.649. The second kappa shape index (κ2) is 16.4. The first-order valence-electron chi connectivity index (χ1n) is 17.5. The number of aromatic hydroxyl groups is 1. The Morgan fingerprint density at radius 3 is 2.78 bits per heavy atom. The minimum atomic E-state index is -0.937. The van der Waals surface area contributed by atoms with Crippen molar-refractivity contribution in [2.75, 3.05) is 33.4 Å². The lowest BCUT2D eigenvalue weighted by Gasteiger charge is -2.32. The minimum Gasteiger partial charge on any atom is -0.592 e. The van der Waals surface area contributed by atoms with Crippen molar-refractivity contribution in [2.24, 2.45) is 22.7 Å². The average molecular weight is 638 g/mol. The first kappa shape index (κ1) is 34.6. The third-order valence-electron chi connectivity index (χ3n) is 10.2. The second-order valence-electron chi connectivity index (χ2n) is 13.6. The van der Waals surface area contributed by atoms with Gasteiger partial charge in [-0.3, -0.25) is 0 Å². The molecule has 0 bridgehead atoms. The maximum absolute atomic E-state index is 11.3. The lowest BCUT2D eigenvalue weighted by Crippen LogP contribution is -2.49. The first-order chi connectivity index (χ1) is 22.3. The topological polar surface area (TPSA) is 136 Å². The van der Waals surface area contributed by atoms with Gasteiger partial charge < -0.3 is 40.5 Å². The van der Waals surface area contributed by atoms with Crippen LogP contribution in [0.15, 0.2) is 46.7 Å². The summed E-state index contributed by atoms with van der Waals surface area (Å²) in [6.45, 7) is 5.26. The SMILES string of the molecule is CCCCC1OC(CCc2ccc(O)c(OC[C@H](O)[C+]3C=C4C(=N3)CC[C@H]3CCC[C@@H]3[C@@H]4[C@H](CNC)NC[C@H](C)O)c2)=C[C-]1CO. The second-order valence-corrected chi connectivity index (χ2v) is 13.6. The summed E-state index contributed by atoms with van der Waals surface area (Å²) in [5, 5.41) is 48.6. The lowest BCUT2D eigenvalue weighted by molar-refractivity contribution is 0.120. The van der Waals surface area contributed by atoms with Crippen LogP contribution in [0.4, 0.5) is 0 Å². The Balaban J connectivity index is 1.22. The molecule has 46 heavy (non-hydrogen) atoms. The van der Waals surface area contributed by atoms with E-state index in [1.165, 1.54) is 24.8 Å². The van der Waals surface area contributed by atoms with E-state index >= 15 is 0 Å². The summed E-state index contributed by atoms with van der Waals surface area (Å²) in [5.41, 5.74) is 3.27. The number of unbranched alkanes of at least 4 members (excludes halogenated alkanes) is 1. The molecule has 4 aliphatic rings. The largest absolute Gasteiger partial charge is 0.592 e. The van der Waals surface area contributed by atoms with Gasteiger partial charge in [-0.2, -0.15) is 12.0 Å². The third kappa shape index (κ3) is 8.42. The first-order valence-corrected chi connectivity index (χ1v) is 17.5. The number of benzene rings is 1. The quantitative estimate of drug-likeness (QED) is 0.138. The summed E-state index contributed by atoms with van der Waals surface area (Å²) in [4.78, 5) is 4.96. The van der Waals surface area contributed by atoms with Gasteiger partial charge in [-0.25, -0.2) is 0 Å². The van der Waals surface area contributed by atoms with Crippen molar-refractivity contribution in [1.82, 2.24) is 10.6 Å². The van der Waals surface area contributed by atoms with Crippen LogP contribution < -0.4 is 15.4 Å². The maximum atomic E-state index is 11.3. The number of phenolic OH excluding ortho intramolecular Hbond substituents is 1. The zero-order valence-electron chi connectivity index (χ0n) is 27.9. The van der Waals surface area contributed by atoms with Gasteiger partial charge in [0.15, 0.2) is 29.4 Å². The molecule has 9 heteroatoms. The highest BCUT2D eigenvalue weighted by atomic mass is 16.5. The Morgan fingerprint density at radius 1 is 1.17 bits per heavy atom. The van der Waals surface area contributed by atoms with Crippen molar-refractivity contribution in [1.29, 1.82) is 0 Å². The van der Waals surface area contributed by atoms with Crippen LogP contribution in [0.25, 0.3) is 0 Å². The fourth-order valence-electron chi connectivity index (χ4n) is 7.84. The Bertz CT molecular complexity index is 1230. The van der Waals surface area contributed by atoms with Crippen LogP contribution in [0.3, 0.4) is 0 Å². The molecule has 0 amide bonds. The molecule has 2 saturated carbocycles. The molecular formula is C37H55N3O6.